The van der Waals surface area contributed by atoms with E-state index in [-0.39, 0.29) is 5.41 Å². The summed E-state index contributed by atoms with van der Waals surface area (Å²) in [7, 11) is 0. The molecule has 1 aliphatic heterocycles. The zero-order valence-corrected chi connectivity index (χ0v) is 10.5. The average molecular weight is 220 g/mol. The fourth-order valence-electron chi connectivity index (χ4n) is 3.32. The first kappa shape index (κ1) is 11.9. The first-order valence-corrected chi connectivity index (χ1v) is 6.91. The predicted molar refractivity (Wildman–Crippen MR) is 66.0 cm³/mol. The molecule has 1 saturated carbocycles. The largest absolute Gasteiger partial charge is 0.299 e. The van der Waals surface area contributed by atoms with E-state index in [4.69, 9.17) is 0 Å². The third kappa shape index (κ3) is 2.58. The first-order valence-electron chi connectivity index (χ1n) is 6.91. The summed E-state index contributed by atoms with van der Waals surface area (Å²) in [4.78, 5) is 2.57. The predicted octanol–water partition coefficient (Wildman–Crippen LogP) is 3.33. The number of hydrogen-bond acceptors (Lipinski definition) is 2. The van der Waals surface area contributed by atoms with E-state index in [1.54, 1.807) is 0 Å². The van der Waals surface area contributed by atoms with Crippen LogP contribution in [-0.4, -0.2) is 24.0 Å². The maximum absolute atomic E-state index is 9.48. The summed E-state index contributed by atoms with van der Waals surface area (Å²) in [5.41, 5.74) is -0.0101. The Hall–Kier alpha value is -0.550. The molecule has 0 radical (unpaired) electrons. The summed E-state index contributed by atoms with van der Waals surface area (Å²) < 4.78 is 0. The van der Waals surface area contributed by atoms with E-state index in [0.717, 1.165) is 19.4 Å². The third-order valence-corrected chi connectivity index (χ3v) is 4.49. The number of hydrogen-bond donors (Lipinski definition) is 0. The first-order chi connectivity index (χ1) is 7.76. The molecule has 0 spiro atoms. The molecule has 1 heterocycles. The topological polar surface area (TPSA) is 27.0 Å². The summed E-state index contributed by atoms with van der Waals surface area (Å²) in [6, 6.07) is 3.34. The van der Waals surface area contributed by atoms with Crippen LogP contribution in [0.3, 0.4) is 0 Å². The SMILES string of the molecule is CC1CCCCN1CC1(C#N)CCCCC1. The summed E-state index contributed by atoms with van der Waals surface area (Å²) >= 11 is 0. The molecular weight excluding hydrogens is 196 g/mol. The van der Waals surface area contributed by atoms with Crippen LogP contribution in [0.25, 0.3) is 0 Å². The van der Waals surface area contributed by atoms with Gasteiger partial charge in [0, 0.05) is 12.6 Å². The molecule has 2 heteroatoms. The molecule has 1 unspecified atom stereocenters. The van der Waals surface area contributed by atoms with Gasteiger partial charge in [0.1, 0.15) is 0 Å². The van der Waals surface area contributed by atoms with E-state index in [1.165, 1.54) is 45.1 Å². The highest BCUT2D eigenvalue weighted by Crippen LogP contribution is 2.37. The zero-order chi connectivity index (χ0) is 11.4. The van der Waals surface area contributed by atoms with Crippen LogP contribution in [0.4, 0.5) is 0 Å². The molecule has 16 heavy (non-hydrogen) atoms. The highest BCUT2D eigenvalue weighted by molar-refractivity contribution is 5.03. The van der Waals surface area contributed by atoms with Gasteiger partial charge in [-0.15, -0.1) is 0 Å². The molecule has 0 N–H and O–H groups in total. The van der Waals surface area contributed by atoms with Gasteiger partial charge < -0.3 is 0 Å². The fourth-order valence-corrected chi connectivity index (χ4v) is 3.32. The van der Waals surface area contributed by atoms with Crippen molar-refractivity contribution < 1.29 is 0 Å². The maximum Gasteiger partial charge on any atom is 0.0703 e. The van der Waals surface area contributed by atoms with Crippen LogP contribution in [0, 0.1) is 16.7 Å². The average Bonchev–Trinajstić information content (AvgIpc) is 2.33. The quantitative estimate of drug-likeness (QED) is 0.713. The number of nitriles is 1. The van der Waals surface area contributed by atoms with E-state index in [0.29, 0.717) is 6.04 Å². The van der Waals surface area contributed by atoms with Crippen molar-refractivity contribution in [1.29, 1.82) is 5.26 Å². The lowest BCUT2D eigenvalue weighted by Gasteiger charge is -2.40. The van der Waals surface area contributed by atoms with Crippen LogP contribution >= 0.6 is 0 Å². The Morgan fingerprint density at radius 2 is 1.94 bits per heavy atom. The molecule has 2 fully saturated rings. The van der Waals surface area contributed by atoms with Gasteiger partial charge in [0.25, 0.3) is 0 Å². The Kier molecular flexibility index (Phi) is 3.86. The van der Waals surface area contributed by atoms with Gasteiger partial charge in [-0.05, 0) is 39.2 Å². The Morgan fingerprint density at radius 3 is 2.56 bits per heavy atom. The molecule has 1 aliphatic carbocycles. The highest BCUT2D eigenvalue weighted by atomic mass is 15.2. The van der Waals surface area contributed by atoms with E-state index in [2.05, 4.69) is 17.9 Å². The van der Waals surface area contributed by atoms with Crippen LogP contribution < -0.4 is 0 Å². The van der Waals surface area contributed by atoms with Crippen molar-refractivity contribution in [2.75, 3.05) is 13.1 Å². The summed E-state index contributed by atoms with van der Waals surface area (Å²) in [6.07, 6.45) is 10.1. The molecule has 2 aliphatic rings. The van der Waals surface area contributed by atoms with E-state index in [9.17, 15) is 5.26 Å². The minimum absolute atomic E-state index is 0.0101. The molecule has 1 atom stereocenters. The van der Waals surface area contributed by atoms with Crippen LogP contribution in [0.2, 0.25) is 0 Å². The van der Waals surface area contributed by atoms with Crippen molar-refractivity contribution in [3.63, 3.8) is 0 Å². The van der Waals surface area contributed by atoms with Gasteiger partial charge in [-0.25, -0.2) is 0 Å². The number of piperidine rings is 1. The smallest absolute Gasteiger partial charge is 0.0703 e. The van der Waals surface area contributed by atoms with Crippen molar-refractivity contribution in [2.45, 2.75) is 64.3 Å². The molecule has 0 aromatic rings. The summed E-state index contributed by atoms with van der Waals surface area (Å²) in [5.74, 6) is 0. The Bertz CT molecular complexity index is 260. The minimum atomic E-state index is -0.0101. The van der Waals surface area contributed by atoms with Crippen LogP contribution in [-0.2, 0) is 0 Å². The van der Waals surface area contributed by atoms with E-state index < -0.39 is 0 Å². The van der Waals surface area contributed by atoms with Crippen molar-refractivity contribution in [2.24, 2.45) is 5.41 Å². The molecular formula is C14H24N2. The highest BCUT2D eigenvalue weighted by Gasteiger charge is 2.35. The van der Waals surface area contributed by atoms with Crippen molar-refractivity contribution in [1.82, 2.24) is 4.90 Å². The number of likely N-dealkylation sites (tertiary alicyclic amines) is 1. The van der Waals surface area contributed by atoms with Crippen molar-refractivity contribution >= 4 is 0 Å². The number of rotatable bonds is 2. The monoisotopic (exact) mass is 220 g/mol. The normalized spacial score (nSPS) is 30.9. The van der Waals surface area contributed by atoms with Gasteiger partial charge in [0.15, 0.2) is 0 Å². The molecule has 2 rings (SSSR count). The van der Waals surface area contributed by atoms with E-state index >= 15 is 0 Å². The molecule has 90 valence electrons. The van der Waals surface area contributed by atoms with Gasteiger partial charge in [0.05, 0.1) is 11.5 Å². The molecule has 0 aromatic heterocycles. The van der Waals surface area contributed by atoms with Crippen LogP contribution in [0.5, 0.6) is 0 Å². The summed E-state index contributed by atoms with van der Waals surface area (Å²) in [6.45, 7) is 4.57. The Balaban J connectivity index is 1.97. The lowest BCUT2D eigenvalue weighted by Crippen LogP contribution is -2.45. The second kappa shape index (κ2) is 5.19. The standard InChI is InChI=1S/C14H24N2/c1-13-7-3-6-10-16(13)12-14(11-15)8-4-2-5-9-14/h13H,2-10,12H2,1H3. The second-order valence-electron chi connectivity index (χ2n) is 5.77. The van der Waals surface area contributed by atoms with Crippen molar-refractivity contribution in [3.05, 3.63) is 0 Å². The van der Waals surface area contributed by atoms with Gasteiger partial charge in [-0.3, -0.25) is 4.90 Å². The maximum atomic E-state index is 9.48. The van der Waals surface area contributed by atoms with Gasteiger partial charge >= 0.3 is 0 Å². The molecule has 1 saturated heterocycles. The van der Waals surface area contributed by atoms with Gasteiger partial charge in [-0.2, -0.15) is 5.26 Å². The molecule has 0 aromatic carbocycles. The lowest BCUT2D eigenvalue weighted by atomic mass is 9.74. The molecule has 0 amide bonds. The van der Waals surface area contributed by atoms with Gasteiger partial charge in [-0.1, -0.05) is 25.7 Å². The number of nitrogens with zero attached hydrogens (tertiary/aromatic N) is 2. The lowest BCUT2D eigenvalue weighted by molar-refractivity contribution is 0.0935. The van der Waals surface area contributed by atoms with Crippen LogP contribution in [0.15, 0.2) is 0 Å². The molecule has 0 bridgehead atoms. The zero-order valence-electron chi connectivity index (χ0n) is 10.5. The van der Waals surface area contributed by atoms with E-state index in [1.807, 2.05) is 0 Å². The van der Waals surface area contributed by atoms with Crippen molar-refractivity contribution in [3.8, 4) is 6.07 Å². The third-order valence-electron chi connectivity index (χ3n) is 4.49. The fraction of sp³-hybridized carbons (Fsp3) is 0.929. The van der Waals surface area contributed by atoms with Gasteiger partial charge in [0.2, 0.25) is 0 Å². The Labute approximate surface area is 99.6 Å². The van der Waals surface area contributed by atoms with Crippen LogP contribution in [0.1, 0.15) is 58.3 Å². The minimum Gasteiger partial charge on any atom is -0.299 e. The Morgan fingerprint density at radius 1 is 1.19 bits per heavy atom. The molecule has 2 nitrogen and oxygen atoms in total. The second-order valence-corrected chi connectivity index (χ2v) is 5.77. The summed E-state index contributed by atoms with van der Waals surface area (Å²) in [5, 5.41) is 9.48.